The minimum absolute atomic E-state index is 0.137. The van der Waals surface area contributed by atoms with Crippen LogP contribution in [0.5, 0.6) is 5.75 Å². The van der Waals surface area contributed by atoms with E-state index >= 15 is 0 Å². The van der Waals surface area contributed by atoms with Crippen LogP contribution in [0.4, 0.5) is 13.2 Å². The van der Waals surface area contributed by atoms with Crippen molar-refractivity contribution in [2.45, 2.75) is 26.1 Å². The summed E-state index contributed by atoms with van der Waals surface area (Å²) in [5.41, 5.74) is 8.36. The Morgan fingerprint density at radius 3 is 2.58 bits per heavy atom. The van der Waals surface area contributed by atoms with Gasteiger partial charge in [0.05, 0.1) is 6.54 Å². The summed E-state index contributed by atoms with van der Waals surface area (Å²) >= 11 is 0. The van der Waals surface area contributed by atoms with E-state index in [0.717, 1.165) is 12.0 Å². The summed E-state index contributed by atoms with van der Waals surface area (Å²) in [7, 11) is 0. The highest BCUT2D eigenvalue weighted by Gasteiger charge is 2.28. The van der Waals surface area contributed by atoms with Crippen LogP contribution < -0.4 is 15.8 Å². The molecular weight excluding hydrogens is 343 g/mol. The fourth-order valence-electron chi connectivity index (χ4n) is 2.29. The van der Waals surface area contributed by atoms with Crippen LogP contribution in [0.3, 0.4) is 0 Å². The highest BCUT2D eigenvalue weighted by molar-refractivity contribution is 5.77. The molecule has 0 heterocycles. The standard InChI is InChI=1S/C19H22F3N3O/c1-14-7-8-16(17(11-14)26-13-19(20,21)22)12-25-18(23)24-10-9-15-5-3-2-4-6-15/h2-8,11H,9-10,12-13H2,1H3,(H3,23,24,25). The molecule has 0 saturated carbocycles. The van der Waals surface area contributed by atoms with Crippen molar-refractivity contribution in [3.05, 3.63) is 65.2 Å². The van der Waals surface area contributed by atoms with Crippen molar-refractivity contribution in [2.75, 3.05) is 13.2 Å². The van der Waals surface area contributed by atoms with Gasteiger partial charge < -0.3 is 15.8 Å². The van der Waals surface area contributed by atoms with Crippen LogP contribution in [0.2, 0.25) is 0 Å². The van der Waals surface area contributed by atoms with Crippen LogP contribution in [-0.4, -0.2) is 25.3 Å². The summed E-state index contributed by atoms with van der Waals surface area (Å²) in [5.74, 6) is 0.409. The van der Waals surface area contributed by atoms with Gasteiger partial charge in [-0.25, -0.2) is 4.99 Å². The van der Waals surface area contributed by atoms with Crippen molar-refractivity contribution < 1.29 is 17.9 Å². The molecule has 2 aromatic carbocycles. The molecule has 0 bridgehead atoms. The van der Waals surface area contributed by atoms with Gasteiger partial charge in [-0.2, -0.15) is 13.2 Å². The number of guanidine groups is 1. The number of rotatable bonds is 7. The minimum atomic E-state index is -4.39. The smallest absolute Gasteiger partial charge is 0.422 e. The average Bonchev–Trinajstić information content (AvgIpc) is 2.59. The lowest BCUT2D eigenvalue weighted by Gasteiger charge is -2.13. The number of alkyl halides is 3. The van der Waals surface area contributed by atoms with Gasteiger partial charge in [-0.05, 0) is 30.5 Å². The summed E-state index contributed by atoms with van der Waals surface area (Å²) in [6, 6.07) is 15.0. The molecule has 0 spiro atoms. The van der Waals surface area contributed by atoms with Crippen molar-refractivity contribution in [3.8, 4) is 5.75 Å². The Hall–Kier alpha value is -2.70. The van der Waals surface area contributed by atoms with Crippen LogP contribution in [0.1, 0.15) is 16.7 Å². The van der Waals surface area contributed by atoms with Gasteiger partial charge in [0, 0.05) is 12.1 Å². The maximum atomic E-state index is 12.4. The molecule has 140 valence electrons. The lowest BCUT2D eigenvalue weighted by molar-refractivity contribution is -0.153. The monoisotopic (exact) mass is 365 g/mol. The van der Waals surface area contributed by atoms with Crippen molar-refractivity contribution in [1.82, 2.24) is 5.32 Å². The number of nitrogens with one attached hydrogen (secondary N) is 1. The molecule has 26 heavy (non-hydrogen) atoms. The average molecular weight is 365 g/mol. The zero-order valence-electron chi connectivity index (χ0n) is 14.5. The SMILES string of the molecule is Cc1ccc(CN=C(N)NCCc2ccccc2)c(OCC(F)(F)F)c1. The molecule has 0 saturated heterocycles. The summed E-state index contributed by atoms with van der Waals surface area (Å²) in [6.45, 7) is 1.20. The Labute approximate surface area is 150 Å². The molecule has 0 amide bonds. The Bertz CT molecular complexity index is 731. The van der Waals surface area contributed by atoms with E-state index < -0.39 is 12.8 Å². The van der Waals surface area contributed by atoms with Gasteiger partial charge >= 0.3 is 6.18 Å². The highest BCUT2D eigenvalue weighted by Crippen LogP contribution is 2.24. The summed E-state index contributed by atoms with van der Waals surface area (Å²) in [5, 5.41) is 3.00. The third-order valence-corrected chi connectivity index (χ3v) is 3.60. The largest absolute Gasteiger partial charge is 0.484 e. The molecule has 0 aliphatic heterocycles. The molecule has 4 nitrogen and oxygen atoms in total. The lowest BCUT2D eigenvalue weighted by Crippen LogP contribution is -2.33. The normalized spacial score (nSPS) is 12.1. The fourth-order valence-corrected chi connectivity index (χ4v) is 2.29. The van der Waals surface area contributed by atoms with E-state index in [2.05, 4.69) is 10.3 Å². The van der Waals surface area contributed by atoms with Gasteiger partial charge in [0.1, 0.15) is 5.75 Å². The van der Waals surface area contributed by atoms with Crippen molar-refractivity contribution in [3.63, 3.8) is 0 Å². The van der Waals surface area contributed by atoms with Crippen LogP contribution in [0, 0.1) is 6.92 Å². The van der Waals surface area contributed by atoms with E-state index in [0.29, 0.717) is 12.1 Å². The Morgan fingerprint density at radius 2 is 1.88 bits per heavy atom. The maximum absolute atomic E-state index is 12.4. The lowest BCUT2D eigenvalue weighted by atomic mass is 10.1. The Kier molecular flexibility index (Phi) is 6.89. The van der Waals surface area contributed by atoms with Crippen molar-refractivity contribution >= 4 is 5.96 Å². The van der Waals surface area contributed by atoms with Gasteiger partial charge in [-0.15, -0.1) is 0 Å². The van der Waals surface area contributed by atoms with E-state index in [1.54, 1.807) is 25.1 Å². The van der Waals surface area contributed by atoms with Crippen molar-refractivity contribution in [2.24, 2.45) is 10.7 Å². The molecule has 2 aromatic rings. The maximum Gasteiger partial charge on any atom is 0.422 e. The van der Waals surface area contributed by atoms with Crippen molar-refractivity contribution in [1.29, 1.82) is 0 Å². The Morgan fingerprint density at radius 1 is 1.15 bits per heavy atom. The summed E-state index contributed by atoms with van der Waals surface area (Å²) in [6.07, 6.45) is -3.59. The first-order valence-corrected chi connectivity index (χ1v) is 8.20. The number of ether oxygens (including phenoxy) is 1. The molecule has 0 aromatic heterocycles. The summed E-state index contributed by atoms with van der Waals surface area (Å²) < 4.78 is 42.1. The molecule has 0 atom stereocenters. The van der Waals surface area contributed by atoms with Gasteiger partial charge in [0.25, 0.3) is 0 Å². The van der Waals surface area contributed by atoms with Gasteiger partial charge in [0.2, 0.25) is 0 Å². The Balaban J connectivity index is 1.91. The molecular formula is C19H22F3N3O. The number of nitrogens with two attached hydrogens (primary N) is 1. The van der Waals surface area contributed by atoms with E-state index in [1.165, 1.54) is 5.56 Å². The molecule has 0 radical (unpaired) electrons. The highest BCUT2D eigenvalue weighted by atomic mass is 19.4. The number of nitrogens with zero attached hydrogens (tertiary/aromatic N) is 1. The van der Waals surface area contributed by atoms with E-state index in [-0.39, 0.29) is 18.3 Å². The zero-order chi connectivity index (χ0) is 19.0. The predicted octanol–water partition coefficient (Wildman–Crippen LogP) is 3.58. The van der Waals surface area contributed by atoms with E-state index in [1.807, 2.05) is 30.3 Å². The molecule has 3 N–H and O–H groups in total. The molecule has 0 aliphatic rings. The first kappa shape index (κ1) is 19.6. The second kappa shape index (κ2) is 9.12. The fraction of sp³-hybridized carbons (Fsp3) is 0.316. The van der Waals surface area contributed by atoms with Crippen LogP contribution >= 0.6 is 0 Å². The predicted molar refractivity (Wildman–Crippen MR) is 96.2 cm³/mol. The topological polar surface area (TPSA) is 59.6 Å². The number of hydrogen-bond acceptors (Lipinski definition) is 2. The number of aliphatic imine (C=N–C) groups is 1. The van der Waals surface area contributed by atoms with Gasteiger partial charge in [-0.1, -0.05) is 42.5 Å². The van der Waals surface area contributed by atoms with Crippen LogP contribution in [-0.2, 0) is 13.0 Å². The number of hydrogen-bond donors (Lipinski definition) is 2. The first-order chi connectivity index (χ1) is 12.3. The zero-order valence-corrected chi connectivity index (χ0v) is 14.5. The third-order valence-electron chi connectivity index (χ3n) is 3.60. The molecule has 0 fully saturated rings. The van der Waals surface area contributed by atoms with Crippen LogP contribution in [0.25, 0.3) is 0 Å². The minimum Gasteiger partial charge on any atom is -0.484 e. The molecule has 0 unspecified atom stereocenters. The van der Waals surface area contributed by atoms with Crippen LogP contribution in [0.15, 0.2) is 53.5 Å². The third kappa shape index (κ3) is 7.04. The number of halogens is 3. The quantitative estimate of drug-likeness (QED) is 0.582. The van der Waals surface area contributed by atoms with Gasteiger partial charge in [0.15, 0.2) is 12.6 Å². The second-order valence-electron chi connectivity index (χ2n) is 5.88. The molecule has 7 heteroatoms. The summed E-state index contributed by atoms with van der Waals surface area (Å²) in [4.78, 5) is 4.18. The molecule has 0 aliphatic carbocycles. The first-order valence-electron chi connectivity index (χ1n) is 8.20. The number of benzene rings is 2. The number of aryl methyl sites for hydroxylation is 1. The van der Waals surface area contributed by atoms with E-state index in [4.69, 9.17) is 10.5 Å². The second-order valence-corrected chi connectivity index (χ2v) is 5.88. The molecule has 2 rings (SSSR count). The van der Waals surface area contributed by atoms with E-state index in [9.17, 15) is 13.2 Å². The van der Waals surface area contributed by atoms with Gasteiger partial charge in [-0.3, -0.25) is 0 Å².